The minimum atomic E-state index is 0.316. The third-order valence-electron chi connectivity index (χ3n) is 4.76. The summed E-state index contributed by atoms with van der Waals surface area (Å²) in [5.41, 5.74) is 2.55. The number of fused-ring (bicyclic) bond motifs is 1. The molecule has 0 bridgehead atoms. The molecule has 3 heteroatoms. The standard InChI is InChI=1S/C18H28N2O/c1-2-16-13-20-17-12-14(8-9-18(17)21-16)10-11-19-15-6-4-3-5-7-15/h8-9,12,15-16,19-20H,2-7,10-11,13H2,1H3. The van der Waals surface area contributed by atoms with Gasteiger partial charge in [-0.25, -0.2) is 0 Å². The Kier molecular flexibility index (Phi) is 5.02. The first-order chi connectivity index (χ1) is 10.3. The number of hydrogen-bond acceptors (Lipinski definition) is 3. The van der Waals surface area contributed by atoms with E-state index in [9.17, 15) is 0 Å². The van der Waals surface area contributed by atoms with Gasteiger partial charge in [-0.3, -0.25) is 0 Å². The van der Waals surface area contributed by atoms with Crippen molar-refractivity contribution in [2.24, 2.45) is 0 Å². The predicted octanol–water partition coefficient (Wildman–Crippen LogP) is 3.73. The third-order valence-corrected chi connectivity index (χ3v) is 4.76. The molecule has 0 radical (unpaired) electrons. The molecule has 0 saturated heterocycles. The molecule has 0 spiro atoms. The Bertz CT molecular complexity index is 455. The smallest absolute Gasteiger partial charge is 0.142 e. The lowest BCUT2D eigenvalue weighted by Crippen LogP contribution is -2.32. The minimum absolute atomic E-state index is 0.316. The van der Waals surface area contributed by atoms with Gasteiger partial charge in [0.25, 0.3) is 0 Å². The number of benzene rings is 1. The summed E-state index contributed by atoms with van der Waals surface area (Å²) in [6, 6.07) is 7.34. The Labute approximate surface area is 128 Å². The molecule has 3 nitrogen and oxygen atoms in total. The molecule has 1 aliphatic carbocycles. The first kappa shape index (κ1) is 14.7. The monoisotopic (exact) mass is 288 g/mol. The molecule has 3 rings (SSSR count). The number of ether oxygens (including phenoxy) is 1. The van der Waals surface area contributed by atoms with Crippen LogP contribution in [0.4, 0.5) is 5.69 Å². The van der Waals surface area contributed by atoms with E-state index in [0.717, 1.165) is 43.4 Å². The zero-order valence-corrected chi connectivity index (χ0v) is 13.2. The summed E-state index contributed by atoms with van der Waals surface area (Å²) in [7, 11) is 0. The van der Waals surface area contributed by atoms with Crippen LogP contribution in [0.25, 0.3) is 0 Å². The molecule has 2 aliphatic rings. The van der Waals surface area contributed by atoms with Gasteiger partial charge < -0.3 is 15.4 Å². The minimum Gasteiger partial charge on any atom is -0.486 e. The summed E-state index contributed by atoms with van der Waals surface area (Å²) in [5.74, 6) is 1.01. The van der Waals surface area contributed by atoms with Crippen molar-refractivity contribution in [3.63, 3.8) is 0 Å². The van der Waals surface area contributed by atoms with Crippen LogP contribution < -0.4 is 15.4 Å². The van der Waals surface area contributed by atoms with Crippen molar-refractivity contribution in [2.75, 3.05) is 18.4 Å². The molecule has 21 heavy (non-hydrogen) atoms. The van der Waals surface area contributed by atoms with Crippen molar-refractivity contribution in [2.45, 2.75) is 64.0 Å². The Balaban J connectivity index is 1.50. The first-order valence-corrected chi connectivity index (χ1v) is 8.62. The van der Waals surface area contributed by atoms with Crippen LogP contribution in [0.2, 0.25) is 0 Å². The van der Waals surface area contributed by atoms with E-state index in [0.29, 0.717) is 6.10 Å². The molecule has 1 aromatic rings. The van der Waals surface area contributed by atoms with Crippen molar-refractivity contribution in [3.8, 4) is 5.75 Å². The number of anilines is 1. The lowest BCUT2D eigenvalue weighted by atomic mass is 9.95. The topological polar surface area (TPSA) is 33.3 Å². The maximum absolute atomic E-state index is 5.96. The fraction of sp³-hybridized carbons (Fsp3) is 0.667. The molecule has 1 unspecified atom stereocenters. The van der Waals surface area contributed by atoms with E-state index in [2.05, 4.69) is 35.8 Å². The predicted molar refractivity (Wildman–Crippen MR) is 88.2 cm³/mol. The van der Waals surface area contributed by atoms with Gasteiger partial charge >= 0.3 is 0 Å². The molecule has 1 fully saturated rings. The Hall–Kier alpha value is -1.22. The summed E-state index contributed by atoms with van der Waals surface area (Å²) >= 11 is 0. The van der Waals surface area contributed by atoms with E-state index >= 15 is 0 Å². The summed E-state index contributed by atoms with van der Waals surface area (Å²) in [6.45, 7) is 4.18. The summed E-state index contributed by atoms with van der Waals surface area (Å²) in [5, 5.41) is 7.21. The van der Waals surface area contributed by atoms with Crippen LogP contribution in [0.3, 0.4) is 0 Å². The lowest BCUT2D eigenvalue weighted by molar-refractivity contribution is 0.202. The van der Waals surface area contributed by atoms with Crippen molar-refractivity contribution in [1.82, 2.24) is 5.32 Å². The SMILES string of the molecule is CCC1CNc2cc(CCNC3CCCCC3)ccc2O1. The van der Waals surface area contributed by atoms with E-state index in [1.807, 2.05) is 0 Å². The van der Waals surface area contributed by atoms with Crippen LogP contribution in [0.1, 0.15) is 51.0 Å². The molecule has 1 aliphatic heterocycles. The van der Waals surface area contributed by atoms with Gasteiger partial charge in [0.1, 0.15) is 11.9 Å². The normalized spacial score (nSPS) is 22.2. The van der Waals surface area contributed by atoms with Gasteiger partial charge in [-0.2, -0.15) is 0 Å². The summed E-state index contributed by atoms with van der Waals surface area (Å²) in [6.07, 6.45) is 9.41. The Morgan fingerprint density at radius 3 is 2.90 bits per heavy atom. The highest BCUT2D eigenvalue weighted by Gasteiger charge is 2.17. The van der Waals surface area contributed by atoms with Crippen LogP contribution in [-0.4, -0.2) is 25.2 Å². The average molecular weight is 288 g/mol. The van der Waals surface area contributed by atoms with E-state index in [1.54, 1.807) is 0 Å². The van der Waals surface area contributed by atoms with Crippen molar-refractivity contribution in [3.05, 3.63) is 23.8 Å². The van der Waals surface area contributed by atoms with Crippen LogP contribution in [-0.2, 0) is 6.42 Å². The van der Waals surface area contributed by atoms with Crippen LogP contribution in [0.5, 0.6) is 5.75 Å². The van der Waals surface area contributed by atoms with Crippen molar-refractivity contribution in [1.29, 1.82) is 0 Å². The van der Waals surface area contributed by atoms with E-state index < -0.39 is 0 Å². The molecule has 2 N–H and O–H groups in total. The molecule has 1 heterocycles. The van der Waals surface area contributed by atoms with Gasteiger partial charge in [0, 0.05) is 6.04 Å². The quantitative estimate of drug-likeness (QED) is 0.866. The van der Waals surface area contributed by atoms with Crippen molar-refractivity contribution < 1.29 is 4.74 Å². The third kappa shape index (κ3) is 3.91. The fourth-order valence-corrected chi connectivity index (χ4v) is 3.37. The van der Waals surface area contributed by atoms with E-state index in [1.165, 1.54) is 37.7 Å². The largest absolute Gasteiger partial charge is 0.486 e. The van der Waals surface area contributed by atoms with Gasteiger partial charge in [-0.15, -0.1) is 0 Å². The van der Waals surface area contributed by atoms with Gasteiger partial charge in [0.15, 0.2) is 0 Å². The zero-order valence-electron chi connectivity index (χ0n) is 13.2. The van der Waals surface area contributed by atoms with E-state index in [-0.39, 0.29) is 0 Å². The second-order valence-electron chi connectivity index (χ2n) is 6.40. The summed E-state index contributed by atoms with van der Waals surface area (Å²) < 4.78 is 5.96. The Morgan fingerprint density at radius 2 is 2.10 bits per heavy atom. The van der Waals surface area contributed by atoms with Gasteiger partial charge in [0.2, 0.25) is 0 Å². The highest BCUT2D eigenvalue weighted by atomic mass is 16.5. The molecule has 1 aromatic carbocycles. The van der Waals surface area contributed by atoms with Gasteiger partial charge in [0.05, 0.1) is 12.2 Å². The maximum Gasteiger partial charge on any atom is 0.142 e. The maximum atomic E-state index is 5.96. The lowest BCUT2D eigenvalue weighted by Gasteiger charge is -2.27. The molecule has 0 amide bonds. The summed E-state index contributed by atoms with van der Waals surface area (Å²) in [4.78, 5) is 0. The second-order valence-corrected chi connectivity index (χ2v) is 6.40. The zero-order chi connectivity index (χ0) is 14.5. The number of nitrogens with one attached hydrogen (secondary N) is 2. The number of rotatable bonds is 5. The second kappa shape index (κ2) is 7.17. The van der Waals surface area contributed by atoms with Gasteiger partial charge in [-0.1, -0.05) is 32.3 Å². The van der Waals surface area contributed by atoms with Crippen molar-refractivity contribution >= 4 is 5.69 Å². The fourth-order valence-electron chi connectivity index (χ4n) is 3.37. The van der Waals surface area contributed by atoms with E-state index in [4.69, 9.17) is 4.74 Å². The molecule has 1 atom stereocenters. The molecule has 116 valence electrons. The van der Waals surface area contributed by atoms with Crippen LogP contribution >= 0.6 is 0 Å². The number of hydrogen-bond donors (Lipinski definition) is 2. The van der Waals surface area contributed by atoms with Gasteiger partial charge in [-0.05, 0) is 49.9 Å². The molecular weight excluding hydrogens is 260 g/mol. The first-order valence-electron chi connectivity index (χ1n) is 8.62. The molecule has 1 saturated carbocycles. The highest BCUT2D eigenvalue weighted by molar-refractivity contribution is 5.59. The molecular formula is C18H28N2O. The average Bonchev–Trinajstić information content (AvgIpc) is 2.55. The van der Waals surface area contributed by atoms with Crippen LogP contribution in [0.15, 0.2) is 18.2 Å². The molecule has 0 aromatic heterocycles. The highest BCUT2D eigenvalue weighted by Crippen LogP contribution is 2.30. The van der Waals surface area contributed by atoms with Crippen LogP contribution in [0, 0.1) is 0 Å². The Morgan fingerprint density at radius 1 is 1.24 bits per heavy atom.